The first kappa shape index (κ1) is 23.4. The van der Waals surface area contributed by atoms with Gasteiger partial charge in [0.15, 0.2) is 0 Å². The van der Waals surface area contributed by atoms with Crippen molar-refractivity contribution in [3.8, 4) is 17.3 Å². The van der Waals surface area contributed by atoms with Crippen molar-refractivity contribution in [1.82, 2.24) is 25.3 Å². The molecular weight excluding hydrogens is 451 g/mol. The molecule has 4 rings (SSSR count). The maximum absolute atomic E-state index is 13.2. The van der Waals surface area contributed by atoms with Crippen LogP contribution in [0, 0.1) is 17.2 Å². The lowest BCUT2D eigenvalue weighted by Gasteiger charge is -2.29. The first-order chi connectivity index (χ1) is 16.3. The molecule has 0 saturated heterocycles. The molecule has 12 heteroatoms. The summed E-state index contributed by atoms with van der Waals surface area (Å²) in [6, 6.07) is 3.02. The Morgan fingerprint density at radius 2 is 2.00 bits per heavy atom. The van der Waals surface area contributed by atoms with Gasteiger partial charge in [0.05, 0.1) is 23.0 Å². The van der Waals surface area contributed by atoms with E-state index in [1.54, 1.807) is 0 Å². The minimum Gasteiger partial charge on any atom is -0.387 e. The molecule has 0 atom stereocenters. The van der Waals surface area contributed by atoms with Crippen LogP contribution in [0.2, 0.25) is 0 Å². The number of hydrogen-bond acceptors (Lipinski definition) is 7. The van der Waals surface area contributed by atoms with Crippen molar-refractivity contribution in [1.29, 1.82) is 5.26 Å². The van der Waals surface area contributed by atoms with E-state index in [4.69, 9.17) is 5.11 Å². The Morgan fingerprint density at radius 1 is 1.24 bits per heavy atom. The van der Waals surface area contributed by atoms with Crippen LogP contribution in [-0.4, -0.2) is 50.1 Å². The minimum absolute atomic E-state index is 0.0470. The van der Waals surface area contributed by atoms with Crippen LogP contribution < -0.4 is 10.6 Å². The second kappa shape index (κ2) is 9.64. The number of rotatable bonds is 6. The highest BCUT2D eigenvalue weighted by atomic mass is 19.4. The molecule has 1 aliphatic carbocycles. The van der Waals surface area contributed by atoms with Gasteiger partial charge in [-0.15, -0.1) is 0 Å². The van der Waals surface area contributed by atoms with E-state index in [-0.39, 0.29) is 40.2 Å². The van der Waals surface area contributed by atoms with Crippen molar-refractivity contribution < 1.29 is 23.1 Å². The van der Waals surface area contributed by atoms with E-state index in [1.807, 2.05) is 6.07 Å². The molecule has 1 saturated carbocycles. The first-order valence-corrected chi connectivity index (χ1v) is 10.7. The Labute approximate surface area is 192 Å². The SMILES string of the molecule is N#Cc1cnc(NCC2CCC(NC(=O)CO)CC2)nc1-c1c[nH]c2ncc(C(F)(F)F)cc12. The van der Waals surface area contributed by atoms with E-state index in [0.717, 1.165) is 37.9 Å². The number of nitrogens with zero attached hydrogens (tertiary/aromatic N) is 4. The number of nitrogens with one attached hydrogen (secondary N) is 3. The molecule has 34 heavy (non-hydrogen) atoms. The van der Waals surface area contributed by atoms with Gasteiger partial charge in [-0.05, 0) is 37.7 Å². The Morgan fingerprint density at radius 3 is 2.68 bits per heavy atom. The minimum atomic E-state index is -4.55. The number of carbonyl (C=O) groups is 1. The van der Waals surface area contributed by atoms with Gasteiger partial charge in [0, 0.05) is 35.9 Å². The summed E-state index contributed by atoms with van der Waals surface area (Å²) >= 11 is 0. The Balaban J connectivity index is 1.50. The van der Waals surface area contributed by atoms with Crippen molar-refractivity contribution in [3.63, 3.8) is 0 Å². The smallest absolute Gasteiger partial charge is 0.387 e. The van der Waals surface area contributed by atoms with Crippen LogP contribution in [0.25, 0.3) is 22.3 Å². The number of nitriles is 1. The standard InChI is InChI=1S/C22H22F3N7O2/c23-22(24,25)14-5-16-17(10-28-20(16)27-9-14)19-13(6-26)8-30-21(32-19)29-7-12-1-3-15(4-2-12)31-18(34)11-33/h5,8-10,12,15,33H,1-4,7,11H2,(H,27,28)(H,31,34)(H,29,30,32). The molecule has 1 amide bonds. The number of aliphatic hydroxyl groups excluding tert-OH is 1. The molecule has 9 nitrogen and oxygen atoms in total. The van der Waals surface area contributed by atoms with Gasteiger partial charge in [-0.25, -0.2) is 15.0 Å². The highest BCUT2D eigenvalue weighted by Crippen LogP contribution is 2.34. The third-order valence-corrected chi connectivity index (χ3v) is 5.93. The summed E-state index contributed by atoms with van der Waals surface area (Å²) in [7, 11) is 0. The van der Waals surface area contributed by atoms with Gasteiger partial charge in [-0.1, -0.05) is 0 Å². The molecule has 3 aromatic rings. The third-order valence-electron chi connectivity index (χ3n) is 5.93. The molecule has 0 unspecified atom stereocenters. The van der Waals surface area contributed by atoms with Crippen molar-refractivity contribution in [3.05, 3.63) is 35.8 Å². The topological polar surface area (TPSA) is 140 Å². The number of fused-ring (bicyclic) bond motifs is 1. The van der Waals surface area contributed by atoms with Gasteiger partial charge in [0.2, 0.25) is 11.9 Å². The number of alkyl halides is 3. The molecule has 0 bridgehead atoms. The number of anilines is 1. The Kier molecular flexibility index (Phi) is 6.65. The maximum Gasteiger partial charge on any atom is 0.417 e. The zero-order valence-electron chi connectivity index (χ0n) is 18.0. The molecule has 1 fully saturated rings. The molecule has 0 radical (unpaired) electrons. The molecule has 0 aliphatic heterocycles. The first-order valence-electron chi connectivity index (χ1n) is 10.7. The second-order valence-corrected chi connectivity index (χ2v) is 8.21. The quantitative estimate of drug-likeness (QED) is 0.432. The number of halogens is 3. The summed E-state index contributed by atoms with van der Waals surface area (Å²) in [6.45, 7) is 0.0452. The van der Waals surface area contributed by atoms with E-state index >= 15 is 0 Å². The molecule has 4 N–H and O–H groups in total. The highest BCUT2D eigenvalue weighted by Gasteiger charge is 2.32. The third kappa shape index (κ3) is 5.09. The molecule has 0 spiro atoms. The van der Waals surface area contributed by atoms with Crippen LogP contribution in [0.3, 0.4) is 0 Å². The normalized spacial score (nSPS) is 18.4. The lowest BCUT2D eigenvalue weighted by Crippen LogP contribution is -2.39. The Hall–Kier alpha value is -3.72. The largest absolute Gasteiger partial charge is 0.417 e. The number of carbonyl (C=O) groups excluding carboxylic acids is 1. The lowest BCUT2D eigenvalue weighted by molar-refractivity contribution is -0.137. The average molecular weight is 473 g/mol. The van der Waals surface area contributed by atoms with E-state index in [2.05, 4.69) is 30.6 Å². The number of pyridine rings is 1. The van der Waals surface area contributed by atoms with Gasteiger partial charge < -0.3 is 20.7 Å². The summed E-state index contributed by atoms with van der Waals surface area (Å²) in [5, 5.41) is 24.5. The van der Waals surface area contributed by atoms with Crippen LogP contribution in [0.5, 0.6) is 0 Å². The number of H-pyrrole nitrogens is 1. The summed E-state index contributed by atoms with van der Waals surface area (Å²) in [5.41, 5.74) is 0.0325. The summed E-state index contributed by atoms with van der Waals surface area (Å²) in [6.07, 6.45) is 2.33. The fourth-order valence-electron chi connectivity index (χ4n) is 4.13. The van der Waals surface area contributed by atoms with Crippen molar-refractivity contribution >= 4 is 22.9 Å². The van der Waals surface area contributed by atoms with Crippen LogP contribution in [-0.2, 0) is 11.0 Å². The number of aromatic nitrogens is 4. The van der Waals surface area contributed by atoms with Gasteiger partial charge in [-0.2, -0.15) is 18.4 Å². The van der Waals surface area contributed by atoms with Crippen LogP contribution in [0.4, 0.5) is 19.1 Å². The maximum atomic E-state index is 13.2. The van der Waals surface area contributed by atoms with Crippen molar-refractivity contribution in [2.24, 2.45) is 5.92 Å². The van der Waals surface area contributed by atoms with Gasteiger partial charge in [-0.3, -0.25) is 4.79 Å². The fourth-order valence-corrected chi connectivity index (χ4v) is 4.13. The van der Waals surface area contributed by atoms with Crippen LogP contribution >= 0.6 is 0 Å². The number of amides is 1. The monoisotopic (exact) mass is 473 g/mol. The molecule has 3 heterocycles. The summed E-state index contributed by atoms with van der Waals surface area (Å²) < 4.78 is 39.5. The van der Waals surface area contributed by atoms with Crippen molar-refractivity contribution in [2.45, 2.75) is 37.9 Å². The van der Waals surface area contributed by atoms with Crippen LogP contribution in [0.15, 0.2) is 24.7 Å². The molecule has 0 aromatic carbocycles. The predicted molar refractivity (Wildman–Crippen MR) is 116 cm³/mol. The fraction of sp³-hybridized carbons (Fsp3) is 0.409. The molecular formula is C22H22F3N7O2. The van der Waals surface area contributed by atoms with Gasteiger partial charge in [0.25, 0.3) is 0 Å². The van der Waals surface area contributed by atoms with Gasteiger partial charge in [0.1, 0.15) is 18.3 Å². The van der Waals surface area contributed by atoms with E-state index in [0.29, 0.717) is 18.0 Å². The average Bonchev–Trinajstić information content (AvgIpc) is 3.26. The second-order valence-electron chi connectivity index (χ2n) is 8.21. The van der Waals surface area contributed by atoms with Gasteiger partial charge >= 0.3 is 6.18 Å². The predicted octanol–water partition coefficient (Wildman–Crippen LogP) is 2.99. The Bertz CT molecular complexity index is 1230. The summed E-state index contributed by atoms with van der Waals surface area (Å²) in [4.78, 5) is 26.6. The molecule has 3 aromatic heterocycles. The van der Waals surface area contributed by atoms with E-state index in [9.17, 15) is 23.2 Å². The van der Waals surface area contributed by atoms with Crippen LogP contribution in [0.1, 0.15) is 36.8 Å². The van der Waals surface area contributed by atoms with Crippen molar-refractivity contribution in [2.75, 3.05) is 18.5 Å². The number of aromatic amines is 1. The summed E-state index contributed by atoms with van der Waals surface area (Å²) in [5.74, 6) is 0.200. The molecule has 178 valence electrons. The highest BCUT2D eigenvalue weighted by molar-refractivity contribution is 5.94. The van der Waals surface area contributed by atoms with E-state index < -0.39 is 18.3 Å². The number of hydrogen-bond donors (Lipinski definition) is 4. The molecule has 1 aliphatic rings. The number of aliphatic hydroxyl groups is 1. The zero-order valence-corrected chi connectivity index (χ0v) is 18.0. The van der Waals surface area contributed by atoms with E-state index in [1.165, 1.54) is 12.4 Å². The zero-order chi connectivity index (χ0) is 24.3. The lowest BCUT2D eigenvalue weighted by atomic mass is 9.86.